The summed E-state index contributed by atoms with van der Waals surface area (Å²) in [7, 11) is 1.62. The van der Waals surface area contributed by atoms with Gasteiger partial charge < -0.3 is 49.8 Å². The van der Waals surface area contributed by atoms with E-state index in [1.165, 1.54) is 6.07 Å². The number of benzene rings is 2. The lowest BCUT2D eigenvalue weighted by Gasteiger charge is -2.42. The van der Waals surface area contributed by atoms with Crippen molar-refractivity contribution in [3.8, 4) is 11.5 Å². The number of methoxy groups -OCH3 is 1. The van der Waals surface area contributed by atoms with E-state index < -0.39 is 36.6 Å². The molecule has 2 aliphatic rings. The Morgan fingerprint density at radius 2 is 1.72 bits per heavy atom. The van der Waals surface area contributed by atoms with Crippen LogP contribution in [-0.2, 0) is 20.7 Å². The number of hydrogen-bond acceptors (Lipinski definition) is 10. The molecule has 2 fully saturated rings. The molecule has 4 rings (SSSR count). The summed E-state index contributed by atoms with van der Waals surface area (Å²) in [6.45, 7) is 1.42. The van der Waals surface area contributed by atoms with Crippen molar-refractivity contribution in [1.29, 1.82) is 0 Å². The van der Waals surface area contributed by atoms with Gasteiger partial charge in [0.05, 0.1) is 45.1 Å². The highest BCUT2D eigenvalue weighted by atomic mass is 16.8. The monoisotopic (exact) mass is 545 g/mol. The fourth-order valence-corrected chi connectivity index (χ4v) is 4.65. The number of hydrogen-bond donors (Lipinski definition) is 5. The van der Waals surface area contributed by atoms with Crippen LogP contribution in [0.2, 0.25) is 0 Å². The lowest BCUT2D eigenvalue weighted by molar-refractivity contribution is -0.399. The van der Waals surface area contributed by atoms with Crippen LogP contribution in [-0.4, -0.2) is 108 Å². The number of aliphatic hydroxyl groups excluding tert-OH is 3. The van der Waals surface area contributed by atoms with Crippen LogP contribution < -0.4 is 19.7 Å². The van der Waals surface area contributed by atoms with Gasteiger partial charge in [-0.25, -0.2) is 0 Å². The molecule has 39 heavy (non-hydrogen) atoms. The van der Waals surface area contributed by atoms with Gasteiger partial charge in [0.15, 0.2) is 6.10 Å². The van der Waals surface area contributed by atoms with E-state index in [0.29, 0.717) is 31.7 Å². The summed E-state index contributed by atoms with van der Waals surface area (Å²) in [5, 5.41) is 43.1. The molecule has 2 aromatic carbocycles. The number of piperazine rings is 1. The summed E-state index contributed by atoms with van der Waals surface area (Å²) >= 11 is 0. The zero-order chi connectivity index (χ0) is 28.0. The summed E-state index contributed by atoms with van der Waals surface area (Å²) in [4.78, 5) is 29.2. The Morgan fingerprint density at radius 1 is 1.05 bits per heavy atom. The lowest BCUT2D eigenvalue weighted by Crippen LogP contribution is -2.62. The van der Waals surface area contributed by atoms with E-state index in [9.17, 15) is 30.0 Å². The van der Waals surface area contributed by atoms with Crippen molar-refractivity contribution in [3.63, 3.8) is 0 Å². The molecule has 5 N–H and O–H groups in total. The molecule has 0 bridgehead atoms. The minimum absolute atomic E-state index is 0.0580. The van der Waals surface area contributed by atoms with Gasteiger partial charge in [0.25, 0.3) is 0 Å². The van der Waals surface area contributed by atoms with E-state index in [4.69, 9.17) is 14.2 Å². The Hall–Kier alpha value is -3.42. The molecule has 0 radical (unpaired) electrons. The summed E-state index contributed by atoms with van der Waals surface area (Å²) in [6.07, 6.45) is -3.50. The number of carbonyl (C=O) groups excluding carboxylic acids is 2. The van der Waals surface area contributed by atoms with Crippen molar-refractivity contribution in [2.75, 3.05) is 57.9 Å². The zero-order valence-corrected chi connectivity index (χ0v) is 21.7. The molecule has 12 nitrogen and oxygen atoms in total. The highest BCUT2D eigenvalue weighted by Gasteiger charge is 2.51. The third-order valence-electron chi connectivity index (χ3n) is 6.99. The molecule has 2 saturated heterocycles. The fraction of sp³-hybridized carbons (Fsp3) is 0.481. The third-order valence-corrected chi connectivity index (χ3v) is 6.99. The second-order valence-electron chi connectivity index (χ2n) is 9.52. The van der Waals surface area contributed by atoms with Gasteiger partial charge in [-0.05, 0) is 18.2 Å². The van der Waals surface area contributed by atoms with Crippen molar-refractivity contribution in [3.05, 3.63) is 54.1 Å². The number of amides is 2. The molecule has 0 spiro atoms. The van der Waals surface area contributed by atoms with Crippen LogP contribution in [0.15, 0.2) is 48.5 Å². The summed E-state index contributed by atoms with van der Waals surface area (Å²) in [6, 6.07) is 14.1. The van der Waals surface area contributed by atoms with Crippen molar-refractivity contribution < 1.29 is 44.2 Å². The zero-order valence-electron chi connectivity index (χ0n) is 21.7. The molecule has 2 aliphatic heterocycles. The minimum atomic E-state index is -2.57. The first-order valence-electron chi connectivity index (χ1n) is 12.8. The topological polar surface area (TPSA) is 161 Å². The quantitative estimate of drug-likeness (QED) is 0.250. The molecule has 0 aliphatic carbocycles. The van der Waals surface area contributed by atoms with Gasteiger partial charge in [-0.15, -0.1) is 0 Å². The normalized spacial score (nSPS) is 25.2. The number of nitrogens with one attached hydrogen (secondary N) is 1. The largest absolute Gasteiger partial charge is 0.495 e. The van der Waals surface area contributed by atoms with Crippen LogP contribution in [0.1, 0.15) is 5.56 Å². The second-order valence-corrected chi connectivity index (χ2v) is 9.52. The lowest BCUT2D eigenvalue weighted by atomic mass is 9.95. The van der Waals surface area contributed by atoms with Gasteiger partial charge in [0.1, 0.15) is 11.5 Å². The number of aliphatic hydroxyl groups is 4. The Morgan fingerprint density at radius 3 is 2.41 bits per heavy atom. The molecule has 0 aromatic heterocycles. The van der Waals surface area contributed by atoms with Crippen LogP contribution in [0.5, 0.6) is 11.5 Å². The molecule has 4 atom stereocenters. The molecule has 0 saturated carbocycles. The molecule has 2 aromatic rings. The van der Waals surface area contributed by atoms with Crippen LogP contribution >= 0.6 is 0 Å². The molecule has 2 amide bonds. The van der Waals surface area contributed by atoms with Crippen LogP contribution in [0.3, 0.4) is 0 Å². The SMILES string of the molecule is COc1ccccc1N1CCN(C(=O)CNC(=O)Cc2ccccc2OC2(O)OCC(CO)C(O)C2O)CC1. The Kier molecular flexibility index (Phi) is 9.25. The van der Waals surface area contributed by atoms with Gasteiger partial charge in [0.2, 0.25) is 11.8 Å². The van der Waals surface area contributed by atoms with Crippen molar-refractivity contribution in [1.82, 2.24) is 10.2 Å². The summed E-state index contributed by atoms with van der Waals surface area (Å²) < 4.78 is 16.1. The molecule has 4 unspecified atom stereocenters. The highest BCUT2D eigenvalue weighted by Crippen LogP contribution is 2.32. The van der Waals surface area contributed by atoms with E-state index in [0.717, 1.165) is 11.4 Å². The number of nitrogens with zero attached hydrogens (tertiary/aromatic N) is 2. The van der Waals surface area contributed by atoms with Crippen molar-refractivity contribution in [2.24, 2.45) is 5.92 Å². The smallest absolute Gasteiger partial charge is 0.354 e. The van der Waals surface area contributed by atoms with Crippen LogP contribution in [0, 0.1) is 5.92 Å². The minimum Gasteiger partial charge on any atom is -0.495 e. The first kappa shape index (κ1) is 28.6. The van der Waals surface area contributed by atoms with Crippen molar-refractivity contribution in [2.45, 2.75) is 24.6 Å². The predicted octanol–water partition coefficient (Wildman–Crippen LogP) is -0.912. The van der Waals surface area contributed by atoms with Crippen LogP contribution in [0.25, 0.3) is 0 Å². The van der Waals surface area contributed by atoms with Gasteiger partial charge in [-0.2, -0.15) is 0 Å². The molecule has 2 heterocycles. The van der Waals surface area contributed by atoms with Crippen molar-refractivity contribution >= 4 is 17.5 Å². The third kappa shape index (κ3) is 6.60. The second kappa shape index (κ2) is 12.6. The summed E-state index contributed by atoms with van der Waals surface area (Å²) in [5.41, 5.74) is 1.34. The maximum Gasteiger partial charge on any atom is 0.354 e. The number of carbonyl (C=O) groups is 2. The number of rotatable bonds is 9. The van der Waals surface area contributed by atoms with Gasteiger partial charge in [-0.1, -0.05) is 30.3 Å². The summed E-state index contributed by atoms with van der Waals surface area (Å²) in [5.74, 6) is -3.16. The van der Waals surface area contributed by atoms with Gasteiger partial charge in [0, 0.05) is 37.7 Å². The van der Waals surface area contributed by atoms with Crippen LogP contribution in [0.4, 0.5) is 5.69 Å². The van der Waals surface area contributed by atoms with E-state index in [1.807, 2.05) is 24.3 Å². The average molecular weight is 546 g/mol. The molecular weight excluding hydrogens is 510 g/mol. The van der Waals surface area contributed by atoms with E-state index in [1.54, 1.807) is 30.2 Å². The van der Waals surface area contributed by atoms with E-state index >= 15 is 0 Å². The maximum atomic E-state index is 12.7. The maximum absolute atomic E-state index is 12.7. The number of ether oxygens (including phenoxy) is 3. The molecular formula is C27H35N3O9. The number of para-hydroxylation sites is 3. The van der Waals surface area contributed by atoms with Gasteiger partial charge in [-0.3, -0.25) is 9.59 Å². The Labute approximate surface area is 226 Å². The highest BCUT2D eigenvalue weighted by molar-refractivity contribution is 5.86. The molecule has 12 heteroatoms. The first-order chi connectivity index (χ1) is 18.8. The Balaban J connectivity index is 1.28. The average Bonchev–Trinajstić information content (AvgIpc) is 2.96. The Bertz CT molecular complexity index is 1140. The van der Waals surface area contributed by atoms with Gasteiger partial charge >= 0.3 is 5.97 Å². The molecule has 212 valence electrons. The number of anilines is 1. The van der Waals surface area contributed by atoms with E-state index in [2.05, 4.69) is 10.2 Å². The first-order valence-corrected chi connectivity index (χ1v) is 12.8. The fourth-order valence-electron chi connectivity index (χ4n) is 4.65. The predicted molar refractivity (Wildman–Crippen MR) is 139 cm³/mol. The standard InChI is InChI=1S/C27H35N3O9/c1-37-22-9-5-3-7-20(22)29-10-12-30(13-11-29)24(33)15-28-23(32)14-18-6-2-4-8-21(18)39-27(36)26(35)25(34)19(16-31)17-38-27/h2-9,19,25-26,31,34-36H,10-17H2,1H3,(H,28,32). The van der Waals surface area contributed by atoms with E-state index in [-0.39, 0.29) is 31.2 Å².